The number of nitrogens with one attached hydrogen (secondary N) is 1. The number of carbonyl (C=O) groups excluding carboxylic acids is 1. The van der Waals surface area contributed by atoms with Gasteiger partial charge in [0.15, 0.2) is 0 Å². The van der Waals surface area contributed by atoms with E-state index in [1.54, 1.807) is 35.3 Å². The first kappa shape index (κ1) is 19.6. The van der Waals surface area contributed by atoms with Gasteiger partial charge in [-0.25, -0.2) is 4.98 Å². The lowest BCUT2D eigenvalue weighted by Gasteiger charge is -2.04. The molecule has 0 radical (unpaired) electrons. The van der Waals surface area contributed by atoms with Crippen molar-refractivity contribution in [3.05, 3.63) is 65.6 Å². The summed E-state index contributed by atoms with van der Waals surface area (Å²) in [5.41, 5.74) is 2.62. The van der Waals surface area contributed by atoms with Crippen LogP contribution in [0.4, 0.5) is 5.69 Å². The molecule has 0 saturated heterocycles. The van der Waals surface area contributed by atoms with E-state index in [2.05, 4.69) is 26.5 Å². The van der Waals surface area contributed by atoms with Crippen LogP contribution in [0.25, 0.3) is 6.08 Å². The van der Waals surface area contributed by atoms with Crippen LogP contribution in [0, 0.1) is 11.3 Å². The number of ether oxygens (including phenoxy) is 2. The third-order valence-electron chi connectivity index (χ3n) is 3.85. The van der Waals surface area contributed by atoms with E-state index in [9.17, 15) is 4.79 Å². The Balaban J connectivity index is 1.63. The molecule has 2 aromatic heterocycles. The van der Waals surface area contributed by atoms with Crippen molar-refractivity contribution >= 4 is 17.7 Å². The molecule has 0 spiro atoms. The minimum absolute atomic E-state index is 0.177. The van der Waals surface area contributed by atoms with Gasteiger partial charge in [0.2, 0.25) is 11.8 Å². The monoisotopic (exact) mass is 390 g/mol. The number of nitriles is 1. The maximum Gasteiger partial charge on any atom is 0.319 e. The first-order valence-electron chi connectivity index (χ1n) is 8.57. The van der Waals surface area contributed by atoms with E-state index in [4.69, 9.17) is 14.7 Å². The van der Waals surface area contributed by atoms with E-state index in [1.807, 2.05) is 12.1 Å². The summed E-state index contributed by atoms with van der Waals surface area (Å²) >= 11 is 0. The van der Waals surface area contributed by atoms with E-state index >= 15 is 0 Å². The number of carbonyl (C=O) groups is 1. The first-order valence-corrected chi connectivity index (χ1v) is 8.57. The molecule has 0 aliphatic rings. The average Bonchev–Trinajstić information content (AvgIpc) is 3.18. The lowest BCUT2D eigenvalue weighted by Crippen LogP contribution is -2.07. The van der Waals surface area contributed by atoms with Gasteiger partial charge in [0.1, 0.15) is 0 Å². The summed E-state index contributed by atoms with van der Waals surface area (Å²) in [6, 6.07) is 9.56. The number of nitrogens with zero attached hydrogens (tertiary/aromatic N) is 5. The molecule has 29 heavy (non-hydrogen) atoms. The number of benzene rings is 1. The van der Waals surface area contributed by atoms with Crippen LogP contribution in [0.2, 0.25) is 0 Å². The van der Waals surface area contributed by atoms with Gasteiger partial charge in [0, 0.05) is 18.5 Å². The molecule has 3 rings (SSSR count). The van der Waals surface area contributed by atoms with Crippen LogP contribution in [-0.2, 0) is 11.3 Å². The molecule has 9 nitrogen and oxygen atoms in total. The molecular formula is C20H18N6O3. The van der Waals surface area contributed by atoms with Crippen molar-refractivity contribution in [1.82, 2.24) is 19.7 Å². The van der Waals surface area contributed by atoms with Gasteiger partial charge < -0.3 is 14.8 Å². The molecule has 0 atom stereocenters. The van der Waals surface area contributed by atoms with Crippen LogP contribution in [-0.4, -0.2) is 39.9 Å². The summed E-state index contributed by atoms with van der Waals surface area (Å²) < 4.78 is 11.8. The summed E-state index contributed by atoms with van der Waals surface area (Å²) in [6.07, 6.45) is 7.66. The van der Waals surface area contributed by atoms with Crippen LogP contribution in [0.5, 0.6) is 11.9 Å². The fourth-order valence-electron chi connectivity index (χ4n) is 2.53. The second kappa shape index (κ2) is 9.14. The molecule has 2 heterocycles. The molecule has 0 aliphatic carbocycles. The molecule has 1 amide bonds. The number of amides is 1. The highest BCUT2D eigenvalue weighted by atomic mass is 16.5. The summed E-state index contributed by atoms with van der Waals surface area (Å²) in [4.78, 5) is 20.2. The third kappa shape index (κ3) is 5.17. The predicted octanol–water partition coefficient (Wildman–Crippen LogP) is 2.26. The Labute approximate surface area is 167 Å². The topological polar surface area (TPSA) is 115 Å². The standard InChI is InChI=1S/C20H18N6O3/c1-28-19-16(10-22-20(25-19)29-2)6-7-18(27)24-17-11-23-26(13-17)12-15-5-3-4-14(8-15)9-21/h3-8,10-11,13H,12H2,1-2H3,(H,24,27). The molecule has 0 unspecified atom stereocenters. The maximum atomic E-state index is 12.2. The molecule has 1 aromatic carbocycles. The summed E-state index contributed by atoms with van der Waals surface area (Å²) in [5.74, 6) is -0.0396. The molecule has 9 heteroatoms. The number of hydrogen-bond donors (Lipinski definition) is 1. The molecule has 146 valence electrons. The molecule has 3 aromatic rings. The number of methoxy groups -OCH3 is 2. The van der Waals surface area contributed by atoms with Gasteiger partial charge >= 0.3 is 6.01 Å². The zero-order valence-corrected chi connectivity index (χ0v) is 15.9. The minimum atomic E-state index is -0.339. The highest BCUT2D eigenvalue weighted by Gasteiger charge is 2.07. The first-order chi connectivity index (χ1) is 14.1. The van der Waals surface area contributed by atoms with Crippen LogP contribution >= 0.6 is 0 Å². The molecule has 0 aliphatic heterocycles. The Morgan fingerprint density at radius 2 is 2.17 bits per heavy atom. The van der Waals surface area contributed by atoms with E-state index in [0.29, 0.717) is 29.2 Å². The van der Waals surface area contributed by atoms with Crippen molar-refractivity contribution in [3.63, 3.8) is 0 Å². The Bertz CT molecular complexity index is 1080. The molecule has 0 saturated carbocycles. The highest BCUT2D eigenvalue weighted by Crippen LogP contribution is 2.18. The van der Waals surface area contributed by atoms with Crippen molar-refractivity contribution < 1.29 is 14.3 Å². The van der Waals surface area contributed by atoms with Crippen molar-refractivity contribution in [2.75, 3.05) is 19.5 Å². The van der Waals surface area contributed by atoms with Gasteiger partial charge in [-0.1, -0.05) is 12.1 Å². The van der Waals surface area contributed by atoms with Gasteiger partial charge in [-0.15, -0.1) is 0 Å². The van der Waals surface area contributed by atoms with Crippen LogP contribution in [0.3, 0.4) is 0 Å². The van der Waals surface area contributed by atoms with Crippen molar-refractivity contribution in [2.45, 2.75) is 6.54 Å². The van der Waals surface area contributed by atoms with E-state index < -0.39 is 0 Å². The van der Waals surface area contributed by atoms with Crippen molar-refractivity contribution in [3.8, 4) is 18.0 Å². The summed E-state index contributed by atoms with van der Waals surface area (Å²) in [6.45, 7) is 0.488. The van der Waals surface area contributed by atoms with Crippen LogP contribution in [0.1, 0.15) is 16.7 Å². The fourth-order valence-corrected chi connectivity index (χ4v) is 2.53. The minimum Gasteiger partial charge on any atom is -0.480 e. The predicted molar refractivity (Wildman–Crippen MR) is 105 cm³/mol. The number of anilines is 1. The second-order valence-corrected chi connectivity index (χ2v) is 5.88. The third-order valence-corrected chi connectivity index (χ3v) is 3.85. The number of hydrogen-bond acceptors (Lipinski definition) is 7. The zero-order chi connectivity index (χ0) is 20.6. The Morgan fingerprint density at radius 3 is 2.93 bits per heavy atom. The van der Waals surface area contributed by atoms with Gasteiger partial charge in [-0.2, -0.15) is 15.3 Å². The highest BCUT2D eigenvalue weighted by molar-refractivity contribution is 6.01. The van der Waals surface area contributed by atoms with Gasteiger partial charge in [0.05, 0.1) is 49.8 Å². The Kier molecular flexibility index (Phi) is 6.17. The summed E-state index contributed by atoms with van der Waals surface area (Å²) in [5, 5.41) is 15.9. The van der Waals surface area contributed by atoms with Gasteiger partial charge in [-0.3, -0.25) is 9.48 Å². The lowest BCUT2D eigenvalue weighted by atomic mass is 10.1. The Morgan fingerprint density at radius 1 is 1.31 bits per heavy atom. The molecule has 0 bridgehead atoms. The SMILES string of the molecule is COc1ncc(C=CC(=O)Nc2cnn(Cc3cccc(C#N)c3)c2)c(OC)n1. The Hall–Kier alpha value is -4.19. The van der Waals surface area contributed by atoms with Crippen molar-refractivity contribution in [1.29, 1.82) is 5.26 Å². The van der Waals surface area contributed by atoms with Crippen LogP contribution < -0.4 is 14.8 Å². The largest absolute Gasteiger partial charge is 0.480 e. The van der Waals surface area contributed by atoms with Gasteiger partial charge in [0.25, 0.3) is 0 Å². The van der Waals surface area contributed by atoms with Gasteiger partial charge in [-0.05, 0) is 23.8 Å². The molecule has 0 fully saturated rings. The average molecular weight is 390 g/mol. The van der Waals surface area contributed by atoms with Crippen molar-refractivity contribution in [2.24, 2.45) is 0 Å². The number of aromatic nitrogens is 4. The fraction of sp³-hybridized carbons (Fsp3) is 0.150. The number of rotatable bonds is 7. The lowest BCUT2D eigenvalue weighted by molar-refractivity contribution is -0.111. The van der Waals surface area contributed by atoms with E-state index in [-0.39, 0.29) is 11.9 Å². The van der Waals surface area contributed by atoms with E-state index in [1.165, 1.54) is 26.5 Å². The smallest absolute Gasteiger partial charge is 0.319 e. The summed E-state index contributed by atoms with van der Waals surface area (Å²) in [7, 11) is 2.93. The zero-order valence-electron chi connectivity index (χ0n) is 15.9. The molecular weight excluding hydrogens is 372 g/mol. The quantitative estimate of drug-likeness (QED) is 0.615. The molecule has 1 N–H and O–H groups in total. The van der Waals surface area contributed by atoms with Crippen LogP contribution in [0.15, 0.2) is 48.9 Å². The second-order valence-electron chi connectivity index (χ2n) is 5.88. The maximum absolute atomic E-state index is 12.2. The normalized spacial score (nSPS) is 10.5. The van der Waals surface area contributed by atoms with E-state index in [0.717, 1.165) is 5.56 Å².